The van der Waals surface area contributed by atoms with Gasteiger partial charge in [0, 0.05) is 27.2 Å². The van der Waals surface area contributed by atoms with E-state index < -0.39 is 0 Å². The van der Waals surface area contributed by atoms with E-state index in [4.69, 9.17) is 16.7 Å². The third-order valence-corrected chi connectivity index (χ3v) is 9.36. The van der Waals surface area contributed by atoms with E-state index in [9.17, 15) is 9.59 Å². The number of amides is 2. The van der Waals surface area contributed by atoms with Crippen LogP contribution in [0.5, 0.6) is 0 Å². The van der Waals surface area contributed by atoms with E-state index in [2.05, 4.69) is 16.4 Å². The fourth-order valence-corrected chi connectivity index (χ4v) is 7.06. The maximum absolute atomic E-state index is 13.8. The molecule has 6 rings (SSSR count). The smallest absolute Gasteiger partial charge is 0.240 e. The highest BCUT2D eigenvalue weighted by atomic mass is 35.5. The van der Waals surface area contributed by atoms with Crippen LogP contribution in [0.25, 0.3) is 16.9 Å². The van der Waals surface area contributed by atoms with E-state index in [1.807, 2.05) is 85.1 Å². The molecule has 0 unspecified atom stereocenters. The number of benzene rings is 2. The number of anilines is 1. The van der Waals surface area contributed by atoms with Crippen molar-refractivity contribution in [3.63, 3.8) is 0 Å². The predicted octanol–water partition coefficient (Wildman–Crippen LogP) is 6.44. The number of nitrogens with zero attached hydrogens (tertiary/aromatic N) is 4. The van der Waals surface area contributed by atoms with Crippen molar-refractivity contribution in [2.45, 2.75) is 18.7 Å². The van der Waals surface area contributed by atoms with Crippen LogP contribution in [-0.2, 0) is 16.1 Å². The summed E-state index contributed by atoms with van der Waals surface area (Å²) in [5, 5.41) is 10.5. The second kappa shape index (κ2) is 11.9. The van der Waals surface area contributed by atoms with Crippen LogP contribution in [0.4, 0.5) is 5.82 Å². The second-order valence-electron chi connectivity index (χ2n) is 9.62. The highest BCUT2D eigenvalue weighted by Crippen LogP contribution is 2.49. The van der Waals surface area contributed by atoms with E-state index in [1.54, 1.807) is 38.9 Å². The molecule has 1 N–H and O–H groups in total. The van der Waals surface area contributed by atoms with Crippen LogP contribution in [0, 0.1) is 6.92 Å². The molecule has 0 fully saturated rings. The fraction of sp³-hybridized carbons (Fsp3) is 0.161. The number of thioether (sulfide) groups is 1. The summed E-state index contributed by atoms with van der Waals surface area (Å²) in [5.74, 6) is 0.386. The Morgan fingerprint density at radius 1 is 1.05 bits per heavy atom. The molecule has 2 amide bonds. The molecule has 0 bridgehead atoms. The normalized spacial score (nSPS) is 14.9. The molecule has 0 radical (unpaired) electrons. The standard InChI is InChI=1S/C31H26ClN5O2S2/c1-20-7-13-24(14-8-20)37-31-28(29(35-37)21-9-11-22(32)12-10-21)30(25-6-4-16-40-25)41-19-27(39)36(31)18-26(38)34-17-23-5-2-3-15-33-23/h2-16,30H,17-19H2,1H3,(H,34,38)/t30-/m0/s1. The summed E-state index contributed by atoms with van der Waals surface area (Å²) in [6, 6.07) is 25.2. The van der Waals surface area contributed by atoms with Gasteiger partial charge in [-0.3, -0.25) is 19.5 Å². The number of carbonyl (C=O) groups is 2. The number of aromatic nitrogens is 3. The number of hydrogen-bond donors (Lipinski definition) is 1. The van der Waals surface area contributed by atoms with Gasteiger partial charge in [-0.1, -0.05) is 53.6 Å². The van der Waals surface area contributed by atoms with Gasteiger partial charge in [0.15, 0.2) is 0 Å². The number of nitrogens with one attached hydrogen (secondary N) is 1. The predicted molar refractivity (Wildman–Crippen MR) is 166 cm³/mol. The molecule has 0 aliphatic carbocycles. The number of carbonyl (C=O) groups excluding carboxylic acids is 2. The van der Waals surface area contributed by atoms with E-state index in [1.165, 1.54) is 0 Å². The lowest BCUT2D eigenvalue weighted by atomic mass is 10.0. The molecule has 1 aliphatic rings. The molecule has 2 aromatic carbocycles. The van der Waals surface area contributed by atoms with Gasteiger partial charge in [0.2, 0.25) is 11.8 Å². The van der Waals surface area contributed by atoms with Crippen LogP contribution < -0.4 is 10.2 Å². The molecule has 4 heterocycles. The van der Waals surface area contributed by atoms with Crippen LogP contribution in [0.15, 0.2) is 90.4 Å². The molecule has 3 aromatic heterocycles. The first-order valence-electron chi connectivity index (χ1n) is 13.1. The molecule has 0 saturated carbocycles. The number of aryl methyl sites for hydroxylation is 1. The van der Waals surface area contributed by atoms with E-state index in [0.717, 1.165) is 38.6 Å². The first kappa shape index (κ1) is 27.3. The summed E-state index contributed by atoms with van der Waals surface area (Å²) in [4.78, 5) is 34.1. The summed E-state index contributed by atoms with van der Waals surface area (Å²) in [7, 11) is 0. The molecule has 0 spiro atoms. The average molecular weight is 600 g/mol. The van der Waals surface area contributed by atoms with Gasteiger partial charge >= 0.3 is 0 Å². The van der Waals surface area contributed by atoms with E-state index in [-0.39, 0.29) is 35.9 Å². The lowest BCUT2D eigenvalue weighted by Crippen LogP contribution is -2.42. The van der Waals surface area contributed by atoms with Crippen LogP contribution >= 0.6 is 34.7 Å². The second-order valence-corrected chi connectivity index (χ2v) is 12.1. The SMILES string of the molecule is Cc1ccc(-n2nc(-c3ccc(Cl)cc3)c3c2N(CC(=O)NCc2ccccn2)C(=O)CS[C@H]3c2cccs2)cc1. The molecule has 1 atom stereocenters. The van der Waals surface area contributed by atoms with Gasteiger partial charge in [0.1, 0.15) is 12.4 Å². The van der Waals surface area contributed by atoms with Crippen molar-refractivity contribution < 1.29 is 9.59 Å². The summed E-state index contributed by atoms with van der Waals surface area (Å²) in [6.07, 6.45) is 1.69. The van der Waals surface area contributed by atoms with Crippen molar-refractivity contribution in [1.29, 1.82) is 0 Å². The minimum atomic E-state index is -0.278. The van der Waals surface area contributed by atoms with Gasteiger partial charge in [-0.05, 0) is 54.8 Å². The molecule has 41 heavy (non-hydrogen) atoms. The Morgan fingerprint density at radius 2 is 1.85 bits per heavy atom. The zero-order valence-corrected chi connectivity index (χ0v) is 24.5. The number of thiophene rings is 1. The Kier molecular flexibility index (Phi) is 7.91. The van der Waals surface area contributed by atoms with Crippen molar-refractivity contribution in [2.24, 2.45) is 0 Å². The Labute approximate surface area is 251 Å². The largest absolute Gasteiger partial charge is 0.349 e. The zero-order chi connectivity index (χ0) is 28.3. The molecular weight excluding hydrogens is 574 g/mol. The maximum Gasteiger partial charge on any atom is 0.240 e. The molecule has 5 aromatic rings. The first-order chi connectivity index (χ1) is 20.0. The minimum absolute atomic E-state index is 0.145. The summed E-state index contributed by atoms with van der Waals surface area (Å²) in [6.45, 7) is 2.15. The molecule has 206 valence electrons. The van der Waals surface area contributed by atoms with Gasteiger partial charge in [-0.2, -0.15) is 5.10 Å². The third kappa shape index (κ3) is 5.79. The van der Waals surface area contributed by atoms with Crippen molar-refractivity contribution in [2.75, 3.05) is 17.2 Å². The number of halogens is 1. The monoisotopic (exact) mass is 599 g/mol. The lowest BCUT2D eigenvalue weighted by molar-refractivity contribution is -0.123. The van der Waals surface area contributed by atoms with Crippen LogP contribution in [0.2, 0.25) is 5.02 Å². The van der Waals surface area contributed by atoms with Gasteiger partial charge in [0.25, 0.3) is 0 Å². The number of fused-ring (bicyclic) bond motifs is 1. The summed E-state index contributed by atoms with van der Waals surface area (Å²) >= 11 is 9.44. The zero-order valence-electron chi connectivity index (χ0n) is 22.2. The van der Waals surface area contributed by atoms with Gasteiger partial charge < -0.3 is 5.32 Å². The third-order valence-electron chi connectivity index (χ3n) is 6.78. The highest BCUT2D eigenvalue weighted by molar-refractivity contribution is 8.00. The van der Waals surface area contributed by atoms with Gasteiger partial charge in [-0.15, -0.1) is 23.1 Å². The molecular formula is C31H26ClN5O2S2. The lowest BCUT2D eigenvalue weighted by Gasteiger charge is -2.23. The highest BCUT2D eigenvalue weighted by Gasteiger charge is 2.38. The molecule has 7 nitrogen and oxygen atoms in total. The Morgan fingerprint density at radius 3 is 2.56 bits per heavy atom. The number of pyridine rings is 1. The molecule has 10 heteroatoms. The summed E-state index contributed by atoms with van der Waals surface area (Å²) in [5.41, 5.74) is 5.18. The Bertz CT molecular complexity index is 1670. The minimum Gasteiger partial charge on any atom is -0.349 e. The number of rotatable bonds is 7. The molecule has 1 aliphatic heterocycles. The summed E-state index contributed by atoms with van der Waals surface area (Å²) < 4.78 is 1.80. The van der Waals surface area contributed by atoms with E-state index >= 15 is 0 Å². The van der Waals surface area contributed by atoms with Crippen molar-refractivity contribution in [3.05, 3.63) is 117 Å². The van der Waals surface area contributed by atoms with Crippen molar-refractivity contribution in [1.82, 2.24) is 20.1 Å². The number of hydrogen-bond acceptors (Lipinski definition) is 6. The van der Waals surface area contributed by atoms with Gasteiger partial charge in [0.05, 0.1) is 34.6 Å². The van der Waals surface area contributed by atoms with Crippen LogP contribution in [-0.4, -0.2) is 38.9 Å². The fourth-order valence-electron chi connectivity index (χ4n) is 4.76. The van der Waals surface area contributed by atoms with Crippen LogP contribution in [0.3, 0.4) is 0 Å². The van der Waals surface area contributed by atoms with E-state index in [0.29, 0.717) is 10.8 Å². The molecule has 0 saturated heterocycles. The first-order valence-corrected chi connectivity index (χ1v) is 15.4. The average Bonchev–Trinajstić information content (AvgIpc) is 3.63. The maximum atomic E-state index is 13.8. The van der Waals surface area contributed by atoms with Crippen molar-refractivity contribution in [3.8, 4) is 16.9 Å². The van der Waals surface area contributed by atoms with Crippen LogP contribution in [0.1, 0.15) is 26.9 Å². The van der Waals surface area contributed by atoms with Gasteiger partial charge in [-0.25, -0.2) is 4.68 Å². The topological polar surface area (TPSA) is 80.1 Å². The quantitative estimate of drug-likeness (QED) is 0.233. The van der Waals surface area contributed by atoms with Crippen molar-refractivity contribution >= 4 is 52.3 Å². The Hall–Kier alpha value is -3.92. The Balaban J connectivity index is 1.50.